The number of pyridine rings is 1. The van der Waals surface area contributed by atoms with E-state index in [2.05, 4.69) is 51.4 Å². The Morgan fingerprint density at radius 1 is 0.958 bits per heavy atom. The quantitative estimate of drug-likeness (QED) is 0.0235. The summed E-state index contributed by atoms with van der Waals surface area (Å²) in [6.07, 6.45) is 1.17. The average Bonchev–Trinajstić information content (AvgIpc) is 3.97. The van der Waals surface area contributed by atoms with Gasteiger partial charge in [-0.25, -0.2) is 19.3 Å². The fraction of sp³-hybridized carbons (Fsp3) is 0.317. The number of nitrogen functional groups attached to an aromatic ring is 1. The van der Waals surface area contributed by atoms with E-state index in [9.17, 15) is 58.8 Å². The van der Waals surface area contributed by atoms with E-state index in [4.69, 9.17) is 10.5 Å². The number of phenols is 1. The van der Waals surface area contributed by atoms with Crippen LogP contribution < -0.4 is 21.7 Å². The molecule has 4 aliphatic heterocycles. The van der Waals surface area contributed by atoms with Gasteiger partial charge in [-0.2, -0.15) is 0 Å². The maximum atomic E-state index is 13.5. The summed E-state index contributed by atoms with van der Waals surface area (Å²) in [5.41, 5.74) is 6.64. The molecule has 2 saturated heterocycles. The second-order valence-electron chi connectivity index (χ2n) is 15.5. The number of aromatic nitrogens is 6. The molecule has 0 radical (unpaired) electrons. The Labute approximate surface area is 422 Å². The van der Waals surface area contributed by atoms with Crippen LogP contribution in [0.2, 0.25) is 0 Å². The highest BCUT2D eigenvalue weighted by molar-refractivity contribution is 8.01. The largest absolute Gasteiger partial charge is 0.508 e. The van der Waals surface area contributed by atoms with Crippen LogP contribution in [0.4, 0.5) is 5.13 Å². The lowest BCUT2D eigenvalue weighted by atomic mass is 10.0. The number of nitrogens with two attached hydrogens (primary N) is 1. The van der Waals surface area contributed by atoms with E-state index in [1.165, 1.54) is 95.9 Å². The molecule has 5 amide bonds. The van der Waals surface area contributed by atoms with Crippen LogP contribution >= 0.6 is 46.6 Å². The van der Waals surface area contributed by atoms with E-state index in [1.54, 1.807) is 14.0 Å². The maximum Gasteiger partial charge on any atom is 0.352 e. The van der Waals surface area contributed by atoms with Gasteiger partial charge in [0.05, 0.1) is 5.56 Å². The van der Waals surface area contributed by atoms with Gasteiger partial charge < -0.3 is 51.7 Å². The molecular formula is C41H41N13O14S4. The molecule has 378 valence electrons. The van der Waals surface area contributed by atoms with Crippen molar-refractivity contribution in [3.8, 4) is 11.5 Å². The molecule has 31 heteroatoms. The number of β-lactam (4-membered cyclic amide) rings is 2. The number of carbonyl (C=O) groups is 8. The number of nitrogens with one attached hydrogen (secondary N) is 3. The van der Waals surface area contributed by atoms with Gasteiger partial charge in [0.1, 0.15) is 71.2 Å². The zero-order valence-corrected chi connectivity index (χ0v) is 41.1. The summed E-state index contributed by atoms with van der Waals surface area (Å²) >= 11 is 4.88. The minimum absolute atomic E-state index is 0.0644. The first-order valence-corrected chi connectivity index (χ1v) is 24.7. The highest BCUT2D eigenvalue weighted by Crippen LogP contribution is 2.42. The molecule has 1 aromatic carbocycles. The van der Waals surface area contributed by atoms with E-state index in [-0.39, 0.29) is 63.1 Å². The number of thioether (sulfide) groups is 3. The number of esters is 1. The van der Waals surface area contributed by atoms with Gasteiger partial charge in [0, 0.05) is 60.1 Å². The van der Waals surface area contributed by atoms with Crippen LogP contribution in [0.1, 0.15) is 40.3 Å². The number of aromatic hydroxyl groups is 2. The zero-order chi connectivity index (χ0) is 52.1. The maximum absolute atomic E-state index is 13.5. The van der Waals surface area contributed by atoms with Crippen molar-refractivity contribution < 1.29 is 68.4 Å². The summed E-state index contributed by atoms with van der Waals surface area (Å²) < 4.78 is 6.33. The monoisotopic (exact) mass is 1070 g/mol. The Kier molecular flexibility index (Phi) is 16.0. The number of nitrogens with zero attached hydrogens (tertiary/aromatic N) is 9. The molecule has 27 nitrogen and oxygen atoms in total. The normalized spacial score (nSPS) is 19.6. The van der Waals surface area contributed by atoms with Crippen LogP contribution in [-0.4, -0.2) is 167 Å². The lowest BCUT2D eigenvalue weighted by molar-refractivity contribution is -0.151. The summed E-state index contributed by atoms with van der Waals surface area (Å²) in [4.78, 5) is 115. The van der Waals surface area contributed by atoms with Gasteiger partial charge in [-0.3, -0.25) is 43.6 Å². The number of aliphatic carboxylic acids is 2. The number of carboxylic acids is 2. The highest BCUT2D eigenvalue weighted by atomic mass is 32.2. The van der Waals surface area contributed by atoms with Crippen molar-refractivity contribution >= 4 is 105 Å². The fourth-order valence-electron chi connectivity index (χ4n) is 7.31. The number of rotatable bonds is 16. The number of tetrazole rings is 1. The molecule has 0 unspecified atom stereocenters. The van der Waals surface area contributed by atoms with Crippen molar-refractivity contribution in [1.29, 1.82) is 0 Å². The van der Waals surface area contributed by atoms with Crippen molar-refractivity contribution in [2.75, 3.05) is 36.7 Å². The van der Waals surface area contributed by atoms with Crippen molar-refractivity contribution in [3.63, 3.8) is 0 Å². The van der Waals surface area contributed by atoms with Gasteiger partial charge >= 0.3 is 17.9 Å². The summed E-state index contributed by atoms with van der Waals surface area (Å²) in [7, 11) is 2.91. The molecule has 4 aliphatic rings. The average molecular weight is 1070 g/mol. The van der Waals surface area contributed by atoms with Crippen molar-refractivity contribution in [2.45, 2.75) is 47.9 Å². The van der Waals surface area contributed by atoms with E-state index in [1.807, 2.05) is 0 Å². The van der Waals surface area contributed by atoms with Crippen LogP contribution in [-0.2, 0) is 50.2 Å². The van der Waals surface area contributed by atoms with Crippen molar-refractivity contribution in [2.24, 2.45) is 12.2 Å². The Hall–Kier alpha value is -7.77. The second kappa shape index (κ2) is 22.1. The van der Waals surface area contributed by atoms with E-state index >= 15 is 0 Å². The Bertz CT molecular complexity index is 2960. The van der Waals surface area contributed by atoms with Crippen LogP contribution in [0.15, 0.2) is 74.8 Å². The molecule has 2 fully saturated rings. The van der Waals surface area contributed by atoms with Crippen molar-refractivity contribution in [3.05, 3.63) is 87.0 Å². The highest BCUT2D eigenvalue weighted by Gasteiger charge is 2.56. The number of fused-ring (bicyclic) bond motifs is 2. The first-order valence-electron chi connectivity index (χ1n) is 20.8. The number of hydrogen-bond donors (Lipinski definition) is 8. The van der Waals surface area contributed by atoms with Gasteiger partial charge in [-0.05, 0) is 40.6 Å². The summed E-state index contributed by atoms with van der Waals surface area (Å²) in [6.45, 7) is 2.61. The minimum atomic E-state index is -1.32. The molecule has 4 aromatic rings. The molecule has 0 aliphatic carbocycles. The summed E-state index contributed by atoms with van der Waals surface area (Å²) in [5.74, 6) is -6.27. The van der Waals surface area contributed by atoms with E-state index in [0.717, 1.165) is 21.1 Å². The van der Waals surface area contributed by atoms with Crippen LogP contribution in [0.5, 0.6) is 11.5 Å². The number of thiazole rings is 1. The molecule has 0 spiro atoms. The second-order valence-corrected chi connectivity index (χ2v) is 19.5. The molecule has 7 heterocycles. The van der Waals surface area contributed by atoms with Crippen LogP contribution in [0, 0.1) is 6.92 Å². The smallest absolute Gasteiger partial charge is 0.352 e. The molecule has 0 saturated carbocycles. The van der Waals surface area contributed by atoms with Gasteiger partial charge in [-0.1, -0.05) is 29.1 Å². The Morgan fingerprint density at radius 3 is 2.14 bits per heavy atom. The number of oxime groups is 1. The number of ether oxygens (including phenoxy) is 1. The predicted octanol–water partition coefficient (Wildman–Crippen LogP) is -0.296. The SMILES string of the molecule is CO/N=C(\C(=O)N[C@@H]1C(=O)N2C(C(=O)O)=C(COC(C)=O)CS[C@H]12)c1csc(N)n1.Cc1cc(O)c(C(=O)N[C@@H](C(=O)N[C@@H]2C(=O)N3C(C(=O)O)=C(CSc4nnnn4C)CS[C@H]23)c2ccc(O)cc2)cn1. The van der Waals surface area contributed by atoms with E-state index < -0.39 is 76.3 Å². The summed E-state index contributed by atoms with van der Waals surface area (Å²) in [6, 6.07) is 3.48. The molecular weight excluding hydrogens is 1030 g/mol. The number of aryl methyl sites for hydroxylation is 2. The van der Waals surface area contributed by atoms with Gasteiger partial charge in [0.15, 0.2) is 10.8 Å². The molecule has 3 aromatic heterocycles. The molecule has 9 N–H and O–H groups in total. The van der Waals surface area contributed by atoms with Crippen molar-refractivity contribution in [1.82, 2.24) is 55.9 Å². The number of phenolic OH excluding ortho intramolecular Hbond substituents is 1. The van der Waals surface area contributed by atoms with Gasteiger partial charge in [0.2, 0.25) is 11.1 Å². The molecule has 5 atom stereocenters. The number of anilines is 1. The topological polar surface area (TPSA) is 386 Å². The Morgan fingerprint density at radius 2 is 1.58 bits per heavy atom. The number of carbonyl (C=O) groups excluding carboxylic acids is 6. The van der Waals surface area contributed by atoms with Crippen LogP contribution in [0.25, 0.3) is 0 Å². The predicted molar refractivity (Wildman–Crippen MR) is 255 cm³/mol. The summed E-state index contributed by atoms with van der Waals surface area (Å²) in [5, 5.41) is 62.9. The lowest BCUT2D eigenvalue weighted by Crippen LogP contribution is -2.71. The molecule has 0 bridgehead atoms. The number of amides is 5. The Balaban J connectivity index is 0.000000224. The minimum Gasteiger partial charge on any atom is -0.508 e. The molecule has 8 rings (SSSR count). The number of carboxylic acid groups (broad SMARTS) is 2. The van der Waals surface area contributed by atoms with E-state index in [0.29, 0.717) is 33.3 Å². The number of hydrogen-bond acceptors (Lipinski definition) is 23. The standard InChI is InChI=1S/C25H24N8O7S2.C16H17N5O7S2/c1-11-7-16(35)15(8-26-11)20(36)27-17(12-3-5-14(34)6-4-12)21(37)28-18-22(38)33-19(24(39)40)13(9-41-23(18)33)10-42-25-29-30-31-32(25)2;1-6(22)28-3-7-4-29-14-10(13(24)21(14)11(7)15(25)26)19-12(23)9(20-27-2)8-5-30-16(17)18-8/h3-8,17-18,23,34H,9-10H2,1-2H3,(H,26,35)(H,27,36)(H,28,37)(H,39,40);5,10,14H,3-4H2,1-2H3,(H2,17,18)(H,19,23)(H,25,26)/b;20-9-/t17-,18-,23-;10-,14-/m11/s1. The third-order valence-electron chi connectivity index (χ3n) is 10.7. The van der Waals surface area contributed by atoms with Gasteiger partial charge in [-0.15, -0.1) is 40.0 Å². The lowest BCUT2D eigenvalue weighted by Gasteiger charge is -2.49. The first kappa shape index (κ1) is 52.1. The first-order chi connectivity index (χ1) is 34.3. The third kappa shape index (κ3) is 11.1. The van der Waals surface area contributed by atoms with Gasteiger partial charge in [0.25, 0.3) is 23.6 Å². The number of benzene rings is 1. The zero-order valence-electron chi connectivity index (χ0n) is 37.9. The molecule has 72 heavy (non-hydrogen) atoms. The fourth-order valence-corrected chi connectivity index (χ4v) is 11.5. The third-order valence-corrected chi connectivity index (χ3v) is 15.1. The van der Waals surface area contributed by atoms with Crippen LogP contribution in [0.3, 0.4) is 0 Å².